The van der Waals surface area contributed by atoms with E-state index in [1.54, 1.807) is 6.92 Å². The molecule has 10 nitrogen and oxygen atoms in total. The smallest absolute Gasteiger partial charge is 0.271 e. The van der Waals surface area contributed by atoms with Gasteiger partial charge in [-0.3, -0.25) is 14.7 Å². The molecule has 2 aliphatic rings. The van der Waals surface area contributed by atoms with Crippen molar-refractivity contribution in [3.05, 3.63) is 36.1 Å². The zero-order valence-electron chi connectivity index (χ0n) is 16.7. The molecule has 10 heteroatoms. The van der Waals surface area contributed by atoms with Gasteiger partial charge in [0.2, 0.25) is 11.8 Å². The highest BCUT2D eigenvalue weighted by atomic mass is 16.5. The largest absolute Gasteiger partial charge is 0.424 e. The average molecular weight is 402 g/mol. The first-order valence-corrected chi connectivity index (χ1v) is 9.79. The number of rotatable bonds is 4. The van der Waals surface area contributed by atoms with E-state index < -0.39 is 11.6 Å². The molecule has 0 aliphatic carbocycles. The molecule has 0 radical (unpaired) electrons. The van der Waals surface area contributed by atoms with Gasteiger partial charge in [0.25, 0.3) is 5.91 Å². The lowest BCUT2D eigenvalue weighted by Gasteiger charge is -2.51. The van der Waals surface area contributed by atoms with Gasteiger partial charge in [-0.2, -0.15) is 0 Å². The lowest BCUT2D eigenvalue weighted by molar-refractivity contribution is -0.178. The maximum Gasteiger partial charge on any atom is 0.271 e. The molecule has 2 aliphatic heterocycles. The SMILES string of the molecule is Cc1nnc(CN2CCC3(CC2)C[C@@](C)(NC(=O)c2cnccn2)[C@H](O)CO3)o1. The van der Waals surface area contributed by atoms with Crippen molar-refractivity contribution in [2.45, 2.75) is 56.9 Å². The maximum absolute atomic E-state index is 12.6. The van der Waals surface area contributed by atoms with Gasteiger partial charge in [-0.1, -0.05) is 0 Å². The predicted octanol–water partition coefficient (Wildman–Crippen LogP) is 0.473. The Hall–Kier alpha value is -2.43. The van der Waals surface area contributed by atoms with E-state index in [-0.39, 0.29) is 23.8 Å². The summed E-state index contributed by atoms with van der Waals surface area (Å²) in [5, 5.41) is 21.5. The van der Waals surface area contributed by atoms with E-state index in [0.29, 0.717) is 24.7 Å². The van der Waals surface area contributed by atoms with Gasteiger partial charge in [-0.25, -0.2) is 4.98 Å². The molecule has 2 fully saturated rings. The van der Waals surface area contributed by atoms with E-state index in [2.05, 4.69) is 30.4 Å². The summed E-state index contributed by atoms with van der Waals surface area (Å²) in [4.78, 5) is 22.8. The minimum absolute atomic E-state index is 0.181. The van der Waals surface area contributed by atoms with Gasteiger partial charge in [0.1, 0.15) is 11.8 Å². The van der Waals surface area contributed by atoms with Gasteiger partial charge in [-0.05, 0) is 19.8 Å². The first kappa shape index (κ1) is 19.9. The molecule has 0 bridgehead atoms. The molecule has 0 saturated carbocycles. The number of nitrogens with zero attached hydrogens (tertiary/aromatic N) is 5. The van der Waals surface area contributed by atoms with Crippen molar-refractivity contribution in [1.29, 1.82) is 0 Å². The Morgan fingerprint density at radius 2 is 2.14 bits per heavy atom. The Morgan fingerprint density at radius 3 is 2.79 bits per heavy atom. The van der Waals surface area contributed by atoms with Crippen LogP contribution in [-0.2, 0) is 11.3 Å². The topological polar surface area (TPSA) is 127 Å². The summed E-state index contributed by atoms with van der Waals surface area (Å²) in [7, 11) is 0. The Bertz CT molecular complexity index is 851. The number of aliphatic hydroxyl groups excluding tert-OH is 1. The summed E-state index contributed by atoms with van der Waals surface area (Å²) < 4.78 is 11.6. The van der Waals surface area contributed by atoms with Crippen LogP contribution in [0, 0.1) is 6.92 Å². The minimum atomic E-state index is -0.807. The second kappa shape index (κ2) is 7.77. The van der Waals surface area contributed by atoms with Gasteiger partial charge >= 0.3 is 0 Å². The quantitative estimate of drug-likeness (QED) is 0.750. The first-order chi connectivity index (χ1) is 13.9. The van der Waals surface area contributed by atoms with E-state index in [4.69, 9.17) is 9.15 Å². The van der Waals surface area contributed by atoms with Crippen LogP contribution in [0.15, 0.2) is 23.0 Å². The van der Waals surface area contributed by atoms with E-state index >= 15 is 0 Å². The molecular formula is C19H26N6O4. The van der Waals surface area contributed by atoms with E-state index in [1.807, 2.05) is 6.92 Å². The van der Waals surface area contributed by atoms with Gasteiger partial charge in [0.15, 0.2) is 0 Å². The fraction of sp³-hybridized carbons (Fsp3) is 0.632. The maximum atomic E-state index is 12.6. The zero-order valence-corrected chi connectivity index (χ0v) is 16.7. The Labute approximate surface area is 168 Å². The Morgan fingerprint density at radius 1 is 1.34 bits per heavy atom. The van der Waals surface area contributed by atoms with E-state index in [0.717, 1.165) is 25.9 Å². The highest BCUT2D eigenvalue weighted by Gasteiger charge is 2.50. The number of hydrogen-bond donors (Lipinski definition) is 2. The molecule has 4 heterocycles. The van der Waals surface area contributed by atoms with Crippen LogP contribution >= 0.6 is 0 Å². The van der Waals surface area contributed by atoms with Crippen LogP contribution in [0.1, 0.15) is 48.5 Å². The van der Waals surface area contributed by atoms with Crippen molar-refractivity contribution < 1.29 is 19.1 Å². The van der Waals surface area contributed by atoms with Crippen molar-refractivity contribution in [3.63, 3.8) is 0 Å². The van der Waals surface area contributed by atoms with E-state index in [1.165, 1.54) is 18.6 Å². The lowest BCUT2D eigenvalue weighted by atomic mass is 9.74. The number of nitrogens with one attached hydrogen (secondary N) is 1. The molecule has 2 aromatic heterocycles. The molecule has 156 valence electrons. The lowest BCUT2D eigenvalue weighted by Crippen LogP contribution is -2.65. The number of aliphatic hydroxyl groups is 1. The van der Waals surface area contributed by atoms with Crippen LogP contribution in [-0.4, -0.2) is 73.0 Å². The molecule has 0 aromatic carbocycles. The van der Waals surface area contributed by atoms with Gasteiger partial charge < -0.3 is 19.6 Å². The third kappa shape index (κ3) is 4.29. The number of aryl methyl sites for hydroxylation is 1. The van der Waals surface area contributed by atoms with Gasteiger partial charge in [-0.15, -0.1) is 10.2 Å². The third-order valence-electron chi connectivity index (χ3n) is 5.86. The number of carbonyl (C=O) groups excluding carboxylic acids is 1. The number of likely N-dealkylation sites (tertiary alicyclic amines) is 1. The minimum Gasteiger partial charge on any atom is -0.424 e. The molecule has 4 rings (SSSR count). The van der Waals surface area contributed by atoms with E-state index in [9.17, 15) is 9.90 Å². The highest BCUT2D eigenvalue weighted by Crippen LogP contribution is 2.40. The van der Waals surface area contributed by atoms with Crippen LogP contribution in [0.25, 0.3) is 0 Å². The summed E-state index contributed by atoms with van der Waals surface area (Å²) >= 11 is 0. The average Bonchev–Trinajstić information content (AvgIpc) is 3.12. The Kier molecular flexibility index (Phi) is 5.32. The molecule has 2 atom stereocenters. The fourth-order valence-electron chi connectivity index (χ4n) is 4.18. The molecule has 2 aromatic rings. The van der Waals surface area contributed by atoms with Crippen LogP contribution in [0.2, 0.25) is 0 Å². The molecule has 1 amide bonds. The van der Waals surface area contributed by atoms with Crippen LogP contribution in [0.4, 0.5) is 0 Å². The molecular weight excluding hydrogens is 376 g/mol. The van der Waals surface area contributed by atoms with Crippen molar-refractivity contribution >= 4 is 5.91 Å². The number of amides is 1. The second-order valence-corrected chi connectivity index (χ2v) is 8.14. The van der Waals surface area contributed by atoms with Gasteiger partial charge in [0.05, 0.1) is 30.5 Å². The molecule has 2 saturated heterocycles. The van der Waals surface area contributed by atoms with Crippen LogP contribution in [0.5, 0.6) is 0 Å². The number of piperidine rings is 1. The number of carbonyl (C=O) groups is 1. The molecule has 1 spiro atoms. The standard InChI is InChI=1S/C19H26N6O4/c1-13-23-24-16(29-13)10-25-7-3-19(4-8-25)12-18(2,15(26)11-28-19)22-17(27)14-9-20-5-6-21-14/h5-6,9,15,26H,3-4,7-8,10-12H2,1-2H3,(H,22,27)/t15-,18-/m1/s1. The summed E-state index contributed by atoms with van der Waals surface area (Å²) in [6, 6.07) is 0. The van der Waals surface area contributed by atoms with Crippen molar-refractivity contribution in [3.8, 4) is 0 Å². The van der Waals surface area contributed by atoms with Crippen molar-refractivity contribution in [2.75, 3.05) is 19.7 Å². The normalized spacial score (nSPS) is 27.1. The summed E-state index contributed by atoms with van der Waals surface area (Å²) in [6.07, 6.45) is 5.72. The predicted molar refractivity (Wildman–Crippen MR) is 101 cm³/mol. The van der Waals surface area contributed by atoms with Crippen LogP contribution < -0.4 is 5.32 Å². The number of aromatic nitrogens is 4. The fourth-order valence-corrected chi connectivity index (χ4v) is 4.18. The summed E-state index contributed by atoms with van der Waals surface area (Å²) in [5.41, 5.74) is -0.963. The van der Waals surface area contributed by atoms with Crippen molar-refractivity contribution in [2.24, 2.45) is 0 Å². The Balaban J connectivity index is 1.40. The number of hydrogen-bond acceptors (Lipinski definition) is 9. The van der Waals surface area contributed by atoms with Crippen LogP contribution in [0.3, 0.4) is 0 Å². The van der Waals surface area contributed by atoms with Gasteiger partial charge in [0, 0.05) is 38.8 Å². The first-order valence-electron chi connectivity index (χ1n) is 9.79. The second-order valence-electron chi connectivity index (χ2n) is 8.14. The third-order valence-corrected chi connectivity index (χ3v) is 5.86. The summed E-state index contributed by atoms with van der Waals surface area (Å²) in [5.74, 6) is 0.827. The monoisotopic (exact) mass is 402 g/mol. The molecule has 2 N–H and O–H groups in total. The number of ether oxygens (including phenoxy) is 1. The molecule has 29 heavy (non-hydrogen) atoms. The summed E-state index contributed by atoms with van der Waals surface area (Å²) in [6.45, 7) is 6.06. The van der Waals surface area contributed by atoms with Crippen molar-refractivity contribution in [1.82, 2.24) is 30.4 Å². The zero-order chi connectivity index (χ0) is 20.5. The highest BCUT2D eigenvalue weighted by molar-refractivity contribution is 5.92. The molecule has 0 unspecified atom stereocenters.